The van der Waals surface area contributed by atoms with E-state index in [0.717, 1.165) is 53.5 Å². The van der Waals surface area contributed by atoms with E-state index in [0.29, 0.717) is 11.8 Å². The van der Waals surface area contributed by atoms with E-state index >= 15 is 0 Å². The largest absolute Gasteiger partial charge is 0.497 e. The Balaban J connectivity index is 2.04. The van der Waals surface area contributed by atoms with Crippen molar-refractivity contribution in [3.8, 4) is 17.2 Å². The van der Waals surface area contributed by atoms with Gasteiger partial charge in [-0.3, -0.25) is 0 Å². The van der Waals surface area contributed by atoms with E-state index in [-0.39, 0.29) is 6.61 Å². The van der Waals surface area contributed by atoms with Crippen LogP contribution in [0.3, 0.4) is 0 Å². The average molecular weight is 398 g/mol. The predicted octanol–water partition coefficient (Wildman–Crippen LogP) is 4.66. The van der Waals surface area contributed by atoms with Gasteiger partial charge < -0.3 is 24.6 Å². The van der Waals surface area contributed by atoms with Gasteiger partial charge in [-0.05, 0) is 83.6 Å². The van der Waals surface area contributed by atoms with Gasteiger partial charge in [0, 0.05) is 19.2 Å². The van der Waals surface area contributed by atoms with E-state index in [1.165, 1.54) is 10.9 Å². The summed E-state index contributed by atoms with van der Waals surface area (Å²) in [7, 11) is 5.00. The SMILES string of the molecule is COc1ccc2c(CNC(C)CCCCO)cc3cc(OC)c(OC)cc3c2c1. The molecule has 0 saturated carbocycles. The number of benzene rings is 3. The number of unbranched alkanes of at least 4 members (excludes halogenated alkanes) is 1. The van der Waals surface area contributed by atoms with Gasteiger partial charge in [0.2, 0.25) is 0 Å². The van der Waals surface area contributed by atoms with Crippen molar-refractivity contribution in [2.45, 2.75) is 38.8 Å². The molecular formula is C24H31NO4. The molecule has 5 nitrogen and oxygen atoms in total. The minimum atomic E-state index is 0.259. The first-order valence-electron chi connectivity index (χ1n) is 10.1. The lowest BCUT2D eigenvalue weighted by Crippen LogP contribution is -2.25. The first-order valence-corrected chi connectivity index (χ1v) is 10.1. The highest BCUT2D eigenvalue weighted by molar-refractivity contribution is 6.10. The molecule has 29 heavy (non-hydrogen) atoms. The van der Waals surface area contributed by atoms with Crippen molar-refractivity contribution in [1.82, 2.24) is 5.32 Å². The van der Waals surface area contributed by atoms with Crippen molar-refractivity contribution < 1.29 is 19.3 Å². The lowest BCUT2D eigenvalue weighted by Gasteiger charge is -2.17. The summed E-state index contributed by atoms with van der Waals surface area (Å²) in [5.74, 6) is 2.27. The van der Waals surface area contributed by atoms with E-state index in [1.807, 2.05) is 18.2 Å². The van der Waals surface area contributed by atoms with Gasteiger partial charge in [-0.1, -0.05) is 6.07 Å². The highest BCUT2D eigenvalue weighted by Crippen LogP contribution is 2.38. The lowest BCUT2D eigenvalue weighted by molar-refractivity contribution is 0.280. The molecule has 1 unspecified atom stereocenters. The molecule has 0 aliphatic rings. The van der Waals surface area contributed by atoms with Crippen molar-refractivity contribution in [1.29, 1.82) is 0 Å². The normalized spacial score (nSPS) is 12.3. The third-order valence-electron chi connectivity index (χ3n) is 5.43. The summed E-state index contributed by atoms with van der Waals surface area (Å²) < 4.78 is 16.5. The molecule has 0 amide bonds. The van der Waals surface area contributed by atoms with Crippen molar-refractivity contribution in [3.05, 3.63) is 42.0 Å². The third-order valence-corrected chi connectivity index (χ3v) is 5.43. The molecule has 0 radical (unpaired) electrons. The zero-order valence-electron chi connectivity index (χ0n) is 17.7. The van der Waals surface area contributed by atoms with Crippen LogP contribution in [0.5, 0.6) is 17.2 Å². The minimum absolute atomic E-state index is 0.259. The van der Waals surface area contributed by atoms with Crippen molar-refractivity contribution in [2.24, 2.45) is 0 Å². The Morgan fingerprint density at radius 1 is 0.862 bits per heavy atom. The Bertz CT molecular complexity index is 970. The van der Waals surface area contributed by atoms with Gasteiger partial charge in [0.05, 0.1) is 21.3 Å². The van der Waals surface area contributed by atoms with Gasteiger partial charge in [0.25, 0.3) is 0 Å². The van der Waals surface area contributed by atoms with Crippen molar-refractivity contribution >= 4 is 21.5 Å². The van der Waals surface area contributed by atoms with Gasteiger partial charge in [-0.15, -0.1) is 0 Å². The molecular weight excluding hydrogens is 366 g/mol. The molecule has 0 spiro atoms. The summed E-state index contributed by atoms with van der Waals surface area (Å²) in [5, 5.41) is 17.1. The van der Waals surface area contributed by atoms with Crippen LogP contribution in [0.1, 0.15) is 31.7 Å². The number of hydrogen-bond donors (Lipinski definition) is 2. The highest BCUT2D eigenvalue weighted by Gasteiger charge is 2.13. The first-order chi connectivity index (χ1) is 14.1. The summed E-state index contributed by atoms with van der Waals surface area (Å²) in [4.78, 5) is 0. The summed E-state index contributed by atoms with van der Waals surface area (Å²) in [5.41, 5.74) is 1.23. The molecule has 0 aliphatic heterocycles. The predicted molar refractivity (Wildman–Crippen MR) is 118 cm³/mol. The molecule has 0 aromatic heterocycles. The van der Waals surface area contributed by atoms with Crippen molar-refractivity contribution in [3.63, 3.8) is 0 Å². The molecule has 2 N–H and O–H groups in total. The molecule has 0 fully saturated rings. The van der Waals surface area contributed by atoms with Gasteiger partial charge in [0.15, 0.2) is 11.5 Å². The van der Waals surface area contributed by atoms with Gasteiger partial charge in [-0.2, -0.15) is 0 Å². The molecule has 3 aromatic carbocycles. The summed E-state index contributed by atoms with van der Waals surface area (Å²) in [6, 6.07) is 12.9. The van der Waals surface area contributed by atoms with Gasteiger partial charge in [0.1, 0.15) is 5.75 Å². The molecule has 5 heteroatoms. The number of hydrogen-bond acceptors (Lipinski definition) is 5. The average Bonchev–Trinajstić information content (AvgIpc) is 2.76. The first kappa shape index (κ1) is 21.2. The van der Waals surface area contributed by atoms with Crippen LogP contribution >= 0.6 is 0 Å². The maximum absolute atomic E-state index is 8.98. The van der Waals surface area contributed by atoms with Crippen LogP contribution in [0.4, 0.5) is 0 Å². The van der Waals surface area contributed by atoms with E-state index in [9.17, 15) is 0 Å². The fraction of sp³-hybridized carbons (Fsp3) is 0.417. The Hall–Kier alpha value is -2.50. The Labute approximate surface area is 172 Å². The molecule has 1 atom stereocenters. The van der Waals surface area contributed by atoms with E-state index in [2.05, 4.69) is 30.4 Å². The monoisotopic (exact) mass is 397 g/mol. The Morgan fingerprint density at radius 3 is 2.31 bits per heavy atom. The second kappa shape index (κ2) is 9.81. The van der Waals surface area contributed by atoms with Crippen LogP contribution in [0.25, 0.3) is 21.5 Å². The number of aliphatic hydroxyl groups is 1. The number of aliphatic hydroxyl groups excluding tert-OH is 1. The smallest absolute Gasteiger partial charge is 0.161 e. The second-order valence-corrected chi connectivity index (χ2v) is 7.38. The molecule has 3 rings (SSSR count). The zero-order valence-corrected chi connectivity index (χ0v) is 17.7. The number of methoxy groups -OCH3 is 3. The molecule has 156 valence electrons. The maximum atomic E-state index is 8.98. The Morgan fingerprint density at radius 2 is 1.62 bits per heavy atom. The van der Waals surface area contributed by atoms with Crippen LogP contribution in [0, 0.1) is 0 Å². The summed E-state index contributed by atoms with van der Waals surface area (Å²) >= 11 is 0. The number of nitrogens with one attached hydrogen (secondary N) is 1. The highest BCUT2D eigenvalue weighted by atomic mass is 16.5. The molecule has 0 saturated heterocycles. The minimum Gasteiger partial charge on any atom is -0.497 e. The van der Waals surface area contributed by atoms with Crippen LogP contribution < -0.4 is 19.5 Å². The second-order valence-electron chi connectivity index (χ2n) is 7.38. The van der Waals surface area contributed by atoms with Gasteiger partial charge in [-0.25, -0.2) is 0 Å². The number of rotatable bonds is 10. The zero-order chi connectivity index (χ0) is 20.8. The van der Waals surface area contributed by atoms with Crippen LogP contribution in [0.15, 0.2) is 36.4 Å². The van der Waals surface area contributed by atoms with E-state index in [4.69, 9.17) is 19.3 Å². The lowest BCUT2D eigenvalue weighted by atomic mass is 9.96. The van der Waals surface area contributed by atoms with E-state index < -0.39 is 0 Å². The molecule has 0 aliphatic carbocycles. The van der Waals surface area contributed by atoms with Gasteiger partial charge >= 0.3 is 0 Å². The topological polar surface area (TPSA) is 60.0 Å². The summed E-state index contributed by atoms with van der Waals surface area (Å²) in [6.07, 6.45) is 2.93. The fourth-order valence-corrected chi connectivity index (χ4v) is 3.76. The molecule has 0 bridgehead atoms. The summed E-state index contributed by atoms with van der Waals surface area (Å²) in [6.45, 7) is 3.22. The standard InChI is InChI=1S/C24H31NO4/c1-16(7-5-6-10-26)25-15-18-11-17-12-23(28-3)24(29-4)14-21(17)22-13-19(27-2)8-9-20(18)22/h8-9,11-14,16,25-26H,5-7,10,15H2,1-4H3. The fourth-order valence-electron chi connectivity index (χ4n) is 3.76. The Kier molecular flexibility index (Phi) is 7.18. The number of ether oxygens (including phenoxy) is 3. The van der Waals surface area contributed by atoms with Crippen LogP contribution in [0.2, 0.25) is 0 Å². The quantitative estimate of drug-likeness (QED) is 0.385. The third kappa shape index (κ3) is 4.74. The van der Waals surface area contributed by atoms with Crippen LogP contribution in [-0.4, -0.2) is 39.1 Å². The molecule has 3 aromatic rings. The van der Waals surface area contributed by atoms with E-state index in [1.54, 1.807) is 21.3 Å². The molecule has 0 heterocycles. The van der Waals surface area contributed by atoms with Crippen LogP contribution in [-0.2, 0) is 6.54 Å². The number of fused-ring (bicyclic) bond motifs is 3. The maximum Gasteiger partial charge on any atom is 0.161 e. The van der Waals surface area contributed by atoms with Crippen molar-refractivity contribution in [2.75, 3.05) is 27.9 Å².